The van der Waals surface area contributed by atoms with Crippen LogP contribution in [0, 0.1) is 0 Å². The highest BCUT2D eigenvalue weighted by Crippen LogP contribution is 2.32. The van der Waals surface area contributed by atoms with Crippen molar-refractivity contribution in [2.75, 3.05) is 13.8 Å². The molecule has 0 unspecified atom stereocenters. The van der Waals surface area contributed by atoms with Gasteiger partial charge in [-0.2, -0.15) is 0 Å². The summed E-state index contributed by atoms with van der Waals surface area (Å²) in [5, 5.41) is 2.76. The molecular weight excluding hydrogens is 194 g/mol. The van der Waals surface area contributed by atoms with Crippen molar-refractivity contribution < 1.29 is 15.6 Å². The molecule has 1 aromatic rings. The van der Waals surface area contributed by atoms with Crippen LogP contribution < -0.4 is 14.8 Å². The molecule has 15 heavy (non-hydrogen) atoms. The zero-order valence-electron chi connectivity index (χ0n) is 9.45. The minimum Gasteiger partial charge on any atom is -0.454 e. The third-order valence-electron chi connectivity index (χ3n) is 2.36. The molecule has 1 aliphatic heterocycles. The Labute approximate surface area is 89.6 Å². The average Bonchev–Trinajstić information content (AvgIpc) is 2.75. The molecule has 0 amide bonds. The topological polar surface area (TPSA) is 47.6 Å². The van der Waals surface area contributed by atoms with E-state index in [2.05, 4.69) is 5.32 Å². The van der Waals surface area contributed by atoms with Gasteiger partial charge in [0.25, 0.3) is 0 Å². The molecule has 0 saturated heterocycles. The lowest BCUT2D eigenvalue weighted by Gasteiger charge is -2.09. The lowest BCUT2D eigenvalue weighted by Crippen LogP contribution is -2.30. The minimum absolute atomic E-state index is 0.0253. The quantitative estimate of drug-likeness (QED) is 0.758. The Bertz CT molecular complexity index is 408. The predicted molar refractivity (Wildman–Crippen MR) is 55.4 cm³/mol. The predicted octanol–water partition coefficient (Wildman–Crippen LogP) is 1.21. The summed E-state index contributed by atoms with van der Waals surface area (Å²) in [4.78, 5) is 11.9. The summed E-state index contributed by atoms with van der Waals surface area (Å²) in [5.41, 5.74) is 0.567. The number of fused-ring (bicyclic) bond motifs is 1. The van der Waals surface area contributed by atoms with Gasteiger partial charge in [0, 0.05) is 6.93 Å². The van der Waals surface area contributed by atoms with E-state index in [-0.39, 0.29) is 25.6 Å². The molecule has 0 aliphatic carbocycles. The second-order valence-electron chi connectivity index (χ2n) is 3.36. The number of nitrogens with one attached hydrogen (secondary N) is 1. The Morgan fingerprint density at radius 3 is 3.13 bits per heavy atom. The van der Waals surface area contributed by atoms with Gasteiger partial charge < -0.3 is 14.8 Å². The van der Waals surface area contributed by atoms with Gasteiger partial charge in [0.15, 0.2) is 17.3 Å². The molecule has 1 aromatic carbocycles. The second-order valence-corrected chi connectivity index (χ2v) is 3.36. The number of Topliss-reactive ketones (excluding diaryl/α,β-unsaturated/α-hetero) is 1. The number of ketones is 1. The van der Waals surface area contributed by atoms with Crippen molar-refractivity contribution in [1.29, 1.82) is 0 Å². The smallest absolute Gasteiger partial charge is 0.231 e. The first-order valence-electron chi connectivity index (χ1n) is 5.39. The van der Waals surface area contributed by atoms with Crippen LogP contribution in [0.2, 0.25) is 0 Å². The van der Waals surface area contributed by atoms with E-state index in [9.17, 15) is 4.79 Å². The van der Waals surface area contributed by atoms with E-state index in [0.29, 0.717) is 17.1 Å². The van der Waals surface area contributed by atoms with Crippen molar-refractivity contribution in [3.05, 3.63) is 23.8 Å². The zero-order chi connectivity index (χ0) is 11.5. The molecule has 1 atom stereocenters. The van der Waals surface area contributed by atoms with Gasteiger partial charge in [0.1, 0.15) is 0 Å². The molecule has 4 nitrogen and oxygen atoms in total. The maximum absolute atomic E-state index is 11.9. The monoisotopic (exact) mass is 208 g/mol. The Kier molecular flexibility index (Phi) is 2.27. The number of hydrogen-bond acceptors (Lipinski definition) is 4. The van der Waals surface area contributed by atoms with Crippen LogP contribution in [0.25, 0.3) is 0 Å². The van der Waals surface area contributed by atoms with Crippen LogP contribution in [-0.4, -0.2) is 25.6 Å². The minimum atomic E-state index is -0.363. The average molecular weight is 208 g/mol. The van der Waals surface area contributed by atoms with Crippen molar-refractivity contribution in [1.82, 2.24) is 5.32 Å². The van der Waals surface area contributed by atoms with E-state index in [4.69, 9.17) is 10.8 Å². The molecule has 0 radical (unpaired) electrons. The van der Waals surface area contributed by atoms with E-state index >= 15 is 0 Å². The Morgan fingerprint density at radius 1 is 1.53 bits per heavy atom. The molecule has 0 spiro atoms. The Balaban J connectivity index is 2.18. The maximum atomic E-state index is 11.9. The largest absolute Gasteiger partial charge is 0.454 e. The Hall–Kier alpha value is -1.55. The Morgan fingerprint density at radius 2 is 2.33 bits per heavy atom. The zero-order valence-corrected chi connectivity index (χ0v) is 8.45. The number of benzene rings is 1. The van der Waals surface area contributed by atoms with Gasteiger partial charge >= 0.3 is 0 Å². The van der Waals surface area contributed by atoms with Crippen LogP contribution >= 0.6 is 0 Å². The van der Waals surface area contributed by atoms with Crippen LogP contribution in [0.15, 0.2) is 18.2 Å². The highest BCUT2D eigenvalue weighted by Gasteiger charge is 2.18. The summed E-state index contributed by atoms with van der Waals surface area (Å²) < 4.78 is 17.4. The van der Waals surface area contributed by atoms with E-state index in [1.165, 1.54) is 0 Å². The van der Waals surface area contributed by atoms with Crippen LogP contribution in [0.1, 0.15) is 18.7 Å². The van der Waals surface area contributed by atoms with Crippen LogP contribution in [0.4, 0.5) is 0 Å². The number of rotatable bonds is 3. The summed E-state index contributed by atoms with van der Waals surface area (Å²) in [5.74, 6) is 1.21. The lowest BCUT2D eigenvalue weighted by molar-refractivity contribution is 0.0954. The summed E-state index contributed by atoms with van der Waals surface area (Å²) in [7, 11) is 0.0253. The number of hydrogen-bond donors (Lipinski definition) is 1. The third-order valence-corrected chi connectivity index (χ3v) is 2.36. The number of ether oxygens (including phenoxy) is 2. The van der Waals surface area contributed by atoms with Crippen molar-refractivity contribution in [3.8, 4) is 11.5 Å². The molecule has 0 saturated carbocycles. The second kappa shape index (κ2) is 3.90. The summed E-state index contributed by atoms with van der Waals surface area (Å²) in [6.07, 6.45) is 0. The van der Waals surface area contributed by atoms with Crippen LogP contribution in [0.3, 0.4) is 0 Å². The van der Waals surface area contributed by atoms with Crippen LogP contribution in [-0.2, 0) is 0 Å². The van der Waals surface area contributed by atoms with Crippen molar-refractivity contribution in [3.63, 3.8) is 0 Å². The molecule has 0 bridgehead atoms. The van der Waals surface area contributed by atoms with Gasteiger partial charge in [-0.15, -0.1) is 0 Å². The van der Waals surface area contributed by atoms with E-state index in [0.717, 1.165) is 0 Å². The molecule has 1 aliphatic rings. The van der Waals surface area contributed by atoms with E-state index < -0.39 is 0 Å². The lowest BCUT2D eigenvalue weighted by atomic mass is 10.1. The third kappa shape index (κ3) is 1.80. The maximum Gasteiger partial charge on any atom is 0.231 e. The molecule has 2 rings (SSSR count). The summed E-state index contributed by atoms with van der Waals surface area (Å²) >= 11 is 0. The van der Waals surface area contributed by atoms with Crippen LogP contribution in [0.5, 0.6) is 11.5 Å². The number of carbonyl (C=O) groups is 1. The van der Waals surface area contributed by atoms with Gasteiger partial charge in [-0.3, -0.25) is 4.79 Å². The van der Waals surface area contributed by atoms with Gasteiger partial charge in [-0.05, 0) is 32.1 Å². The van der Waals surface area contributed by atoms with Crippen molar-refractivity contribution >= 4 is 5.78 Å². The fourth-order valence-corrected chi connectivity index (χ4v) is 1.39. The molecule has 80 valence electrons. The highest BCUT2D eigenvalue weighted by molar-refractivity contribution is 6.00. The normalized spacial score (nSPS) is 15.9. The molecule has 0 fully saturated rings. The number of likely N-dealkylation sites (N-methyl/N-ethyl adjacent to an activating group) is 1. The van der Waals surface area contributed by atoms with Gasteiger partial charge in [0.2, 0.25) is 6.79 Å². The molecular formula is C11H13NO3. The first-order chi connectivity index (χ1) is 7.72. The number of carbonyl (C=O) groups excluding carboxylic acids is 1. The first kappa shape index (κ1) is 8.73. The highest BCUT2D eigenvalue weighted by atomic mass is 16.7. The molecule has 1 heterocycles. The van der Waals surface area contributed by atoms with E-state index in [1.807, 2.05) is 0 Å². The first-order valence-corrected chi connectivity index (χ1v) is 4.69. The van der Waals surface area contributed by atoms with Crippen molar-refractivity contribution in [2.45, 2.75) is 13.0 Å². The van der Waals surface area contributed by atoms with Gasteiger partial charge in [-0.25, -0.2) is 0 Å². The SMILES string of the molecule is [2H]CN[C@@H](C)C(=O)c1ccc2c(c1)OCO2. The summed E-state index contributed by atoms with van der Waals surface area (Å²) in [6, 6.07) is 4.74. The fourth-order valence-electron chi connectivity index (χ4n) is 1.39. The molecule has 4 heteroatoms. The fraction of sp³-hybridized carbons (Fsp3) is 0.364. The standard InChI is InChI=1S/C11H13NO3/c1-7(12-2)11(13)8-3-4-9-10(5-8)15-6-14-9/h3-5,7,12H,6H2,1-2H3/t7-/m0/s1/i2D. The van der Waals surface area contributed by atoms with Gasteiger partial charge in [0.05, 0.1) is 6.04 Å². The summed E-state index contributed by atoms with van der Waals surface area (Å²) in [6.45, 7) is 1.94. The molecule has 1 N–H and O–H groups in total. The van der Waals surface area contributed by atoms with Crippen molar-refractivity contribution in [2.24, 2.45) is 0 Å². The molecule has 0 aromatic heterocycles. The van der Waals surface area contributed by atoms with Gasteiger partial charge in [-0.1, -0.05) is 0 Å². The van der Waals surface area contributed by atoms with E-state index in [1.54, 1.807) is 25.1 Å².